The normalized spacial score (nSPS) is 11.8. The van der Waals surface area contributed by atoms with Crippen LogP contribution in [0.25, 0.3) is 0 Å². The van der Waals surface area contributed by atoms with Gasteiger partial charge in [-0.1, -0.05) is 23.6 Å². The fraction of sp³-hybridized carbons (Fsp3) is 0.286. The third-order valence-electron chi connectivity index (χ3n) is 2.72. The molecule has 0 spiro atoms. The average Bonchev–Trinajstić information content (AvgIpc) is 2.91. The minimum Gasteiger partial charge on any atom is -0.376 e. The van der Waals surface area contributed by atoms with E-state index in [1.807, 2.05) is 18.4 Å². The summed E-state index contributed by atoms with van der Waals surface area (Å²) < 4.78 is 1.21. The summed E-state index contributed by atoms with van der Waals surface area (Å²) >= 11 is 7.73. The average molecular weight is 308 g/mol. The Morgan fingerprint density at radius 1 is 1.65 bits per heavy atom. The molecule has 4 nitrogen and oxygen atoms in total. The van der Waals surface area contributed by atoms with Gasteiger partial charge in [0.2, 0.25) is 0 Å². The molecule has 0 aromatic carbocycles. The highest BCUT2D eigenvalue weighted by Crippen LogP contribution is 2.18. The number of terminal acetylenes is 1. The van der Waals surface area contributed by atoms with Crippen molar-refractivity contribution >= 4 is 28.6 Å². The van der Waals surface area contributed by atoms with E-state index in [2.05, 4.69) is 22.4 Å². The van der Waals surface area contributed by atoms with Crippen LogP contribution in [0.2, 0.25) is 5.02 Å². The first-order valence-corrected chi connectivity index (χ1v) is 7.35. The molecule has 0 saturated heterocycles. The van der Waals surface area contributed by atoms with Crippen LogP contribution in [0, 0.1) is 12.3 Å². The van der Waals surface area contributed by atoms with Gasteiger partial charge in [0.1, 0.15) is 12.2 Å². The van der Waals surface area contributed by atoms with Crippen molar-refractivity contribution in [3.05, 3.63) is 44.0 Å². The molecule has 1 N–H and O–H groups in total. The van der Waals surface area contributed by atoms with Gasteiger partial charge in [-0.25, -0.2) is 4.68 Å². The zero-order chi connectivity index (χ0) is 14.5. The van der Waals surface area contributed by atoms with Crippen LogP contribution >= 0.6 is 22.9 Å². The zero-order valence-corrected chi connectivity index (χ0v) is 12.5. The summed E-state index contributed by atoms with van der Waals surface area (Å²) in [5.41, 5.74) is 0.0504. The van der Waals surface area contributed by atoms with E-state index >= 15 is 0 Å². The van der Waals surface area contributed by atoms with Gasteiger partial charge in [-0.2, -0.15) is 5.10 Å². The van der Waals surface area contributed by atoms with Gasteiger partial charge in [-0.3, -0.25) is 4.79 Å². The Morgan fingerprint density at radius 3 is 3.10 bits per heavy atom. The van der Waals surface area contributed by atoms with Crippen LogP contribution in [0.15, 0.2) is 28.5 Å². The van der Waals surface area contributed by atoms with E-state index in [1.165, 1.54) is 15.8 Å². The second kappa shape index (κ2) is 6.60. The summed E-state index contributed by atoms with van der Waals surface area (Å²) in [6.07, 6.45) is 7.46. The Kier molecular flexibility index (Phi) is 4.83. The topological polar surface area (TPSA) is 46.9 Å². The lowest BCUT2D eigenvalue weighted by Crippen LogP contribution is -2.29. The molecule has 0 radical (unpaired) electrons. The summed E-state index contributed by atoms with van der Waals surface area (Å²) in [6.45, 7) is 2.13. The fourth-order valence-electron chi connectivity index (χ4n) is 1.83. The summed E-state index contributed by atoms with van der Waals surface area (Å²) in [7, 11) is 0. The Balaban J connectivity index is 2.18. The highest BCUT2D eigenvalue weighted by atomic mass is 35.5. The number of nitrogens with zero attached hydrogens (tertiary/aromatic N) is 2. The fourth-order valence-corrected chi connectivity index (χ4v) is 2.84. The maximum atomic E-state index is 12.2. The maximum absolute atomic E-state index is 12.2. The minimum absolute atomic E-state index is 0.0838. The Morgan fingerprint density at radius 2 is 2.45 bits per heavy atom. The van der Waals surface area contributed by atoms with Crippen LogP contribution in [-0.4, -0.2) is 15.8 Å². The van der Waals surface area contributed by atoms with Crippen LogP contribution in [0.4, 0.5) is 5.69 Å². The van der Waals surface area contributed by atoms with Crippen molar-refractivity contribution < 1.29 is 0 Å². The number of anilines is 1. The van der Waals surface area contributed by atoms with Gasteiger partial charge in [0.15, 0.2) is 0 Å². The molecule has 2 aromatic heterocycles. The van der Waals surface area contributed by atoms with Crippen molar-refractivity contribution in [2.45, 2.75) is 25.9 Å². The highest BCUT2D eigenvalue weighted by molar-refractivity contribution is 7.09. The van der Waals surface area contributed by atoms with Crippen molar-refractivity contribution in [3.63, 3.8) is 0 Å². The molecule has 0 fully saturated rings. The monoisotopic (exact) mass is 307 g/mol. The molecule has 2 aromatic rings. The summed E-state index contributed by atoms with van der Waals surface area (Å²) in [4.78, 5) is 13.4. The number of halogens is 1. The number of hydrogen-bond donors (Lipinski definition) is 1. The number of thiophene rings is 1. The van der Waals surface area contributed by atoms with Gasteiger partial charge in [0.05, 0.1) is 11.2 Å². The smallest absolute Gasteiger partial charge is 0.292 e. The van der Waals surface area contributed by atoms with Gasteiger partial charge in [0, 0.05) is 17.3 Å². The van der Waals surface area contributed by atoms with Crippen molar-refractivity contribution in [3.8, 4) is 12.3 Å². The van der Waals surface area contributed by atoms with E-state index in [-0.39, 0.29) is 18.1 Å². The minimum atomic E-state index is -0.298. The van der Waals surface area contributed by atoms with E-state index in [9.17, 15) is 4.79 Å². The molecule has 1 atom stereocenters. The van der Waals surface area contributed by atoms with Crippen molar-refractivity contribution in [1.82, 2.24) is 9.78 Å². The predicted molar refractivity (Wildman–Crippen MR) is 83.4 cm³/mol. The molecule has 0 bridgehead atoms. The van der Waals surface area contributed by atoms with Crippen molar-refractivity contribution in [1.29, 1.82) is 0 Å². The number of nitrogens with one attached hydrogen (secondary N) is 1. The second-order valence-corrected chi connectivity index (χ2v) is 5.80. The molecule has 0 saturated carbocycles. The third-order valence-corrected chi connectivity index (χ3v) is 3.90. The molecule has 2 rings (SSSR count). The molecular weight excluding hydrogens is 294 g/mol. The quantitative estimate of drug-likeness (QED) is 0.864. The van der Waals surface area contributed by atoms with Gasteiger partial charge < -0.3 is 5.32 Å². The Bertz CT molecular complexity index is 673. The standard InChI is InChI=1S/C14H14ClN3OS/c1-3-6-18-14(19)13(12(15)9-16-18)17-10(2)8-11-5-4-7-20-11/h1,4-5,7,9-10,17H,6,8H2,2H3. The molecule has 0 aliphatic carbocycles. The lowest BCUT2D eigenvalue weighted by atomic mass is 10.2. The molecule has 1 unspecified atom stereocenters. The van der Waals surface area contributed by atoms with E-state index in [0.717, 1.165) is 6.42 Å². The van der Waals surface area contributed by atoms with Gasteiger partial charge in [-0.15, -0.1) is 17.8 Å². The van der Waals surface area contributed by atoms with Crippen LogP contribution in [0.5, 0.6) is 0 Å². The highest BCUT2D eigenvalue weighted by Gasteiger charge is 2.13. The summed E-state index contributed by atoms with van der Waals surface area (Å²) in [5.74, 6) is 2.39. The third kappa shape index (κ3) is 3.41. The van der Waals surface area contributed by atoms with E-state index < -0.39 is 0 Å². The maximum Gasteiger partial charge on any atom is 0.292 e. The summed E-state index contributed by atoms with van der Waals surface area (Å²) in [6, 6.07) is 4.15. The molecule has 2 heterocycles. The van der Waals surface area contributed by atoms with Crippen LogP contribution in [0.1, 0.15) is 11.8 Å². The molecule has 0 aliphatic heterocycles. The van der Waals surface area contributed by atoms with E-state index in [0.29, 0.717) is 10.7 Å². The lowest BCUT2D eigenvalue weighted by molar-refractivity contribution is 0.661. The second-order valence-electron chi connectivity index (χ2n) is 4.36. The first-order chi connectivity index (χ1) is 9.61. The SMILES string of the molecule is C#CCn1ncc(Cl)c(NC(C)Cc2cccs2)c1=O. The molecule has 0 amide bonds. The number of rotatable bonds is 5. The Hall–Kier alpha value is -1.77. The first kappa shape index (κ1) is 14.6. The first-order valence-electron chi connectivity index (χ1n) is 6.10. The largest absolute Gasteiger partial charge is 0.376 e. The molecule has 104 valence electrons. The zero-order valence-electron chi connectivity index (χ0n) is 11.0. The van der Waals surface area contributed by atoms with Gasteiger partial charge in [-0.05, 0) is 18.4 Å². The molecule has 6 heteroatoms. The lowest BCUT2D eigenvalue weighted by Gasteiger charge is -2.15. The molecule has 0 aliphatic rings. The number of aromatic nitrogens is 2. The van der Waals surface area contributed by atoms with Crippen LogP contribution < -0.4 is 10.9 Å². The molecular formula is C14H14ClN3OS. The van der Waals surface area contributed by atoms with Gasteiger partial charge in [0.25, 0.3) is 5.56 Å². The number of hydrogen-bond acceptors (Lipinski definition) is 4. The Labute approximate surface area is 126 Å². The van der Waals surface area contributed by atoms with Crippen LogP contribution in [-0.2, 0) is 13.0 Å². The van der Waals surface area contributed by atoms with Gasteiger partial charge >= 0.3 is 0 Å². The van der Waals surface area contributed by atoms with Crippen LogP contribution in [0.3, 0.4) is 0 Å². The summed E-state index contributed by atoms with van der Waals surface area (Å²) in [5, 5.41) is 9.39. The van der Waals surface area contributed by atoms with E-state index in [4.69, 9.17) is 18.0 Å². The van der Waals surface area contributed by atoms with E-state index in [1.54, 1.807) is 11.3 Å². The molecule has 20 heavy (non-hydrogen) atoms. The predicted octanol–water partition coefficient (Wildman–Crippen LogP) is 2.63. The van der Waals surface area contributed by atoms with Crippen molar-refractivity contribution in [2.24, 2.45) is 0 Å². The van der Waals surface area contributed by atoms with Crippen molar-refractivity contribution in [2.75, 3.05) is 5.32 Å².